The number of amides is 1. The average Bonchev–Trinajstić information content (AvgIpc) is 2.93. The number of aliphatic hydroxyl groups excluding tert-OH is 1. The smallest absolute Gasteiger partial charge is 0.423 e. The number of halogens is 3. The molecule has 0 radical (unpaired) electrons. The van der Waals surface area contributed by atoms with Crippen LogP contribution in [0, 0.1) is 0 Å². The zero-order valence-electron chi connectivity index (χ0n) is 22.7. The monoisotopic (exact) mass is 573 g/mol. The minimum Gasteiger partial charge on any atom is -0.495 e. The minimum absolute atomic E-state index is 0.0579. The number of hydrogen-bond donors (Lipinski definition) is 3. The Balaban J connectivity index is 1.59. The van der Waals surface area contributed by atoms with Gasteiger partial charge in [0, 0.05) is 17.8 Å². The molecule has 0 spiro atoms. The number of Topliss-reactive ketones (excluding diaryl/α,β-unsaturated/α-hetero) is 1. The fraction of sp³-hybridized carbons (Fsp3) is 0.357. The lowest BCUT2D eigenvalue weighted by atomic mass is 10.0. The Hall–Kier alpha value is -4.23. The molecule has 1 aromatic heterocycles. The quantitative estimate of drug-likeness (QED) is 0.319. The first-order chi connectivity index (χ1) is 19.5. The standard InChI is InChI=1S/C28H30F3N5O5/c1-16(37)24(38)19-6-4-5-7-22(19)41-26-20(28(29,30)31)15-32-27(35-26)34-21-9-8-17(14-23(21)40-3)25(39)33-18-10-12-36(2)13-11-18/h4-9,14-16,18,37H,10-13H2,1-3H3,(H,33,39)(H,32,34,35). The molecule has 0 aliphatic carbocycles. The Morgan fingerprint density at radius 1 is 1.12 bits per heavy atom. The lowest BCUT2D eigenvalue weighted by molar-refractivity contribution is -0.139. The highest BCUT2D eigenvalue weighted by atomic mass is 19.4. The molecule has 0 bridgehead atoms. The summed E-state index contributed by atoms with van der Waals surface area (Å²) >= 11 is 0. The van der Waals surface area contributed by atoms with Gasteiger partial charge in [0.1, 0.15) is 23.2 Å². The molecule has 1 aliphatic heterocycles. The molecule has 41 heavy (non-hydrogen) atoms. The molecule has 1 aliphatic rings. The molecule has 2 heterocycles. The van der Waals surface area contributed by atoms with E-state index in [1.165, 1.54) is 50.4 Å². The largest absolute Gasteiger partial charge is 0.495 e. The SMILES string of the molecule is COc1cc(C(=O)NC2CCN(C)CC2)ccc1Nc1ncc(C(F)(F)F)c(Oc2ccccc2C(=O)C(C)O)n1. The maximum atomic E-state index is 13.8. The molecule has 4 rings (SSSR count). The van der Waals surface area contributed by atoms with Gasteiger partial charge in [0.05, 0.1) is 18.4 Å². The van der Waals surface area contributed by atoms with Crippen LogP contribution in [0.2, 0.25) is 0 Å². The van der Waals surface area contributed by atoms with Gasteiger partial charge in [-0.1, -0.05) is 12.1 Å². The maximum absolute atomic E-state index is 13.8. The van der Waals surface area contributed by atoms with Gasteiger partial charge in [-0.05, 0) is 70.2 Å². The molecule has 3 N–H and O–H groups in total. The molecule has 1 atom stereocenters. The van der Waals surface area contributed by atoms with Crippen LogP contribution in [0.5, 0.6) is 17.4 Å². The van der Waals surface area contributed by atoms with Crippen molar-refractivity contribution < 1.29 is 37.3 Å². The van der Waals surface area contributed by atoms with E-state index in [2.05, 4.69) is 25.5 Å². The predicted molar refractivity (Wildman–Crippen MR) is 144 cm³/mol. The van der Waals surface area contributed by atoms with Gasteiger partial charge in [-0.3, -0.25) is 9.59 Å². The summed E-state index contributed by atoms with van der Waals surface area (Å²) < 4.78 is 52.2. The second-order valence-corrected chi connectivity index (χ2v) is 9.64. The molecule has 1 saturated heterocycles. The van der Waals surface area contributed by atoms with Crippen LogP contribution >= 0.6 is 0 Å². The van der Waals surface area contributed by atoms with E-state index in [1.54, 1.807) is 6.07 Å². The van der Waals surface area contributed by atoms with E-state index in [9.17, 15) is 27.9 Å². The van der Waals surface area contributed by atoms with Crippen LogP contribution in [0.25, 0.3) is 0 Å². The number of piperidine rings is 1. The Labute approximate surface area is 234 Å². The van der Waals surface area contributed by atoms with Crippen molar-refractivity contribution in [1.29, 1.82) is 0 Å². The van der Waals surface area contributed by atoms with Gasteiger partial charge in [0.15, 0.2) is 5.78 Å². The maximum Gasteiger partial charge on any atom is 0.423 e. The van der Waals surface area contributed by atoms with Crippen molar-refractivity contribution in [1.82, 2.24) is 20.2 Å². The number of aliphatic hydroxyl groups is 1. The third kappa shape index (κ3) is 7.30. The number of ether oxygens (including phenoxy) is 2. The first-order valence-corrected chi connectivity index (χ1v) is 12.8. The predicted octanol–water partition coefficient (Wildman–Crippen LogP) is 4.43. The Morgan fingerprint density at radius 3 is 2.49 bits per heavy atom. The Bertz CT molecular complexity index is 1410. The molecule has 218 valence electrons. The van der Waals surface area contributed by atoms with Crippen molar-refractivity contribution in [3.05, 3.63) is 65.4 Å². The summed E-state index contributed by atoms with van der Waals surface area (Å²) in [5.41, 5.74) is -0.739. The number of ketones is 1. The number of aromatic nitrogens is 2. The zero-order valence-corrected chi connectivity index (χ0v) is 22.7. The molecular formula is C28H30F3N5O5. The van der Waals surface area contributed by atoms with Gasteiger partial charge in [-0.2, -0.15) is 18.2 Å². The number of alkyl halides is 3. The van der Waals surface area contributed by atoms with E-state index in [0.29, 0.717) is 17.4 Å². The van der Waals surface area contributed by atoms with E-state index >= 15 is 0 Å². The molecule has 0 saturated carbocycles. The summed E-state index contributed by atoms with van der Waals surface area (Å²) in [7, 11) is 3.42. The van der Waals surface area contributed by atoms with Crippen molar-refractivity contribution in [3.8, 4) is 17.4 Å². The molecular weight excluding hydrogens is 543 g/mol. The summed E-state index contributed by atoms with van der Waals surface area (Å²) in [5.74, 6) is -2.09. The van der Waals surface area contributed by atoms with Crippen LogP contribution in [-0.4, -0.2) is 71.1 Å². The zero-order chi connectivity index (χ0) is 29.7. The minimum atomic E-state index is -4.86. The van der Waals surface area contributed by atoms with Crippen molar-refractivity contribution in [2.45, 2.75) is 38.1 Å². The lowest BCUT2D eigenvalue weighted by Crippen LogP contribution is -2.43. The van der Waals surface area contributed by atoms with E-state index < -0.39 is 29.5 Å². The molecule has 1 unspecified atom stereocenters. The molecule has 10 nitrogen and oxygen atoms in total. The van der Waals surface area contributed by atoms with Crippen LogP contribution in [0.4, 0.5) is 24.8 Å². The third-order valence-electron chi connectivity index (χ3n) is 6.56. The number of methoxy groups -OCH3 is 1. The van der Waals surface area contributed by atoms with Gasteiger partial charge in [-0.25, -0.2) is 4.98 Å². The number of nitrogens with zero attached hydrogens (tertiary/aromatic N) is 3. The van der Waals surface area contributed by atoms with Gasteiger partial charge in [0.2, 0.25) is 11.8 Å². The number of likely N-dealkylation sites (tertiary alicyclic amines) is 1. The molecule has 1 amide bonds. The fourth-order valence-electron chi connectivity index (χ4n) is 4.26. The van der Waals surface area contributed by atoms with Crippen LogP contribution in [0.3, 0.4) is 0 Å². The van der Waals surface area contributed by atoms with E-state index in [4.69, 9.17) is 9.47 Å². The number of rotatable bonds is 9. The first kappa shape index (κ1) is 29.7. The van der Waals surface area contributed by atoms with Crippen molar-refractivity contribution >= 4 is 23.3 Å². The second-order valence-electron chi connectivity index (χ2n) is 9.64. The molecule has 13 heteroatoms. The highest BCUT2D eigenvalue weighted by Gasteiger charge is 2.37. The number of nitrogens with one attached hydrogen (secondary N) is 2. The average molecular weight is 574 g/mol. The van der Waals surface area contributed by atoms with E-state index in [0.717, 1.165) is 25.9 Å². The molecule has 3 aromatic rings. The van der Waals surface area contributed by atoms with Crippen LogP contribution in [-0.2, 0) is 6.18 Å². The summed E-state index contributed by atoms with van der Waals surface area (Å²) in [4.78, 5) is 35.1. The van der Waals surface area contributed by atoms with E-state index in [-0.39, 0.29) is 35.0 Å². The summed E-state index contributed by atoms with van der Waals surface area (Å²) in [6.07, 6.45) is -4.03. The van der Waals surface area contributed by atoms with Crippen molar-refractivity contribution in [2.75, 3.05) is 32.6 Å². The summed E-state index contributed by atoms with van der Waals surface area (Å²) in [6, 6.07) is 10.2. The van der Waals surface area contributed by atoms with Crippen molar-refractivity contribution in [3.63, 3.8) is 0 Å². The van der Waals surface area contributed by atoms with Crippen LogP contribution in [0.1, 0.15) is 46.0 Å². The van der Waals surface area contributed by atoms with Crippen LogP contribution in [0.15, 0.2) is 48.7 Å². The van der Waals surface area contributed by atoms with Crippen molar-refractivity contribution in [2.24, 2.45) is 0 Å². The Morgan fingerprint density at radius 2 is 1.83 bits per heavy atom. The number of benzene rings is 2. The number of carbonyl (C=O) groups is 2. The third-order valence-corrected chi connectivity index (χ3v) is 6.56. The number of anilines is 2. The number of hydrogen-bond acceptors (Lipinski definition) is 9. The molecule has 2 aromatic carbocycles. The summed E-state index contributed by atoms with van der Waals surface area (Å²) in [5, 5.41) is 15.5. The second kappa shape index (κ2) is 12.5. The highest BCUT2D eigenvalue weighted by Crippen LogP contribution is 2.38. The van der Waals surface area contributed by atoms with E-state index in [1.807, 2.05) is 7.05 Å². The lowest BCUT2D eigenvalue weighted by Gasteiger charge is -2.29. The highest BCUT2D eigenvalue weighted by molar-refractivity contribution is 6.01. The first-order valence-electron chi connectivity index (χ1n) is 12.8. The number of para-hydroxylation sites is 1. The van der Waals surface area contributed by atoms with Gasteiger partial charge in [-0.15, -0.1) is 0 Å². The van der Waals surface area contributed by atoms with Gasteiger partial charge >= 0.3 is 6.18 Å². The van der Waals surface area contributed by atoms with Gasteiger partial charge < -0.3 is 30.1 Å². The van der Waals surface area contributed by atoms with Crippen LogP contribution < -0.4 is 20.1 Å². The van der Waals surface area contributed by atoms with Gasteiger partial charge in [0.25, 0.3) is 5.91 Å². The number of carbonyl (C=O) groups excluding carboxylic acids is 2. The topological polar surface area (TPSA) is 126 Å². The molecule has 1 fully saturated rings. The normalized spacial score (nSPS) is 15.2. The summed E-state index contributed by atoms with van der Waals surface area (Å²) in [6.45, 7) is 3.01. The fourth-order valence-corrected chi connectivity index (χ4v) is 4.26. The Kier molecular flexibility index (Phi) is 9.08.